The van der Waals surface area contributed by atoms with Crippen LogP contribution < -0.4 is 4.74 Å². The third-order valence-corrected chi connectivity index (χ3v) is 3.23. The van der Waals surface area contributed by atoms with E-state index in [0.717, 1.165) is 0 Å². The Morgan fingerprint density at radius 3 is 2.41 bits per heavy atom. The van der Waals surface area contributed by atoms with Crippen LogP contribution in [-0.2, 0) is 9.53 Å². The third kappa shape index (κ3) is 12.2. The highest BCUT2D eigenvalue weighted by atomic mass is 19.1. The standard InChI is InChI=1S/C21H23FO7/c22-16-9-11-18(12-10-16)29-13-17(23)7-5-3-1-2-4-6-8-19(24)20(25)14-28-15-21(26)27/h2,4-12,17,19-20,23-25H,13-15H2,(H,26,27)/b4-2+,7-5+,8-6+/t17-,19+,20+/m1/s1. The van der Waals surface area contributed by atoms with E-state index in [1.165, 1.54) is 60.7 Å². The molecule has 0 heterocycles. The summed E-state index contributed by atoms with van der Waals surface area (Å²) in [6, 6.07) is 5.44. The van der Waals surface area contributed by atoms with Crippen LogP contribution in [0.2, 0.25) is 0 Å². The molecule has 0 saturated carbocycles. The van der Waals surface area contributed by atoms with Crippen molar-refractivity contribution >= 4 is 5.97 Å². The van der Waals surface area contributed by atoms with Gasteiger partial charge in [-0.05, 0) is 42.5 Å². The lowest BCUT2D eigenvalue weighted by atomic mass is 10.2. The van der Waals surface area contributed by atoms with Gasteiger partial charge < -0.3 is 29.9 Å². The van der Waals surface area contributed by atoms with Gasteiger partial charge >= 0.3 is 5.97 Å². The van der Waals surface area contributed by atoms with Crippen molar-refractivity contribution in [3.8, 4) is 17.6 Å². The summed E-state index contributed by atoms with van der Waals surface area (Å²) in [5.41, 5.74) is 0. The number of aliphatic carboxylic acids is 1. The summed E-state index contributed by atoms with van der Waals surface area (Å²) in [4.78, 5) is 10.3. The lowest BCUT2D eigenvalue weighted by Crippen LogP contribution is -2.29. The molecule has 0 saturated heterocycles. The van der Waals surface area contributed by atoms with E-state index in [1.54, 1.807) is 0 Å². The average Bonchev–Trinajstić information content (AvgIpc) is 2.69. The third-order valence-electron chi connectivity index (χ3n) is 3.23. The van der Waals surface area contributed by atoms with Crippen molar-refractivity contribution in [3.05, 3.63) is 66.5 Å². The average molecular weight is 406 g/mol. The molecule has 3 atom stereocenters. The van der Waals surface area contributed by atoms with Crippen molar-refractivity contribution in [1.29, 1.82) is 0 Å². The van der Waals surface area contributed by atoms with Crippen molar-refractivity contribution in [3.63, 3.8) is 0 Å². The number of allylic oxidation sites excluding steroid dienone is 4. The first-order valence-electron chi connectivity index (χ1n) is 8.61. The highest BCUT2D eigenvalue weighted by Gasteiger charge is 2.13. The first kappa shape index (κ1) is 24.1. The number of hydrogen-bond acceptors (Lipinski definition) is 6. The molecule has 0 fully saturated rings. The number of aliphatic hydroxyl groups excluding tert-OH is 3. The number of aliphatic hydroxyl groups is 3. The summed E-state index contributed by atoms with van der Waals surface area (Å²) in [5.74, 6) is 4.26. The summed E-state index contributed by atoms with van der Waals surface area (Å²) >= 11 is 0. The molecule has 0 aliphatic carbocycles. The van der Waals surface area contributed by atoms with Crippen LogP contribution in [0.4, 0.5) is 4.39 Å². The Kier molecular flexibility index (Phi) is 11.7. The van der Waals surface area contributed by atoms with Crippen LogP contribution in [0, 0.1) is 17.7 Å². The number of carboxylic acid groups (broad SMARTS) is 1. The zero-order valence-electron chi connectivity index (χ0n) is 15.5. The Labute approximate surface area is 168 Å². The highest BCUT2D eigenvalue weighted by molar-refractivity contribution is 5.67. The first-order valence-corrected chi connectivity index (χ1v) is 8.61. The van der Waals surface area contributed by atoms with Crippen molar-refractivity contribution in [1.82, 2.24) is 0 Å². The monoisotopic (exact) mass is 406 g/mol. The molecule has 1 aromatic rings. The van der Waals surface area contributed by atoms with Gasteiger partial charge in [-0.15, -0.1) is 0 Å². The van der Waals surface area contributed by atoms with E-state index in [9.17, 15) is 24.5 Å². The second-order valence-electron chi connectivity index (χ2n) is 5.69. The number of ether oxygens (including phenoxy) is 2. The second kappa shape index (κ2) is 14.1. The lowest BCUT2D eigenvalue weighted by molar-refractivity contribution is -0.143. The van der Waals surface area contributed by atoms with E-state index in [1.807, 2.05) is 0 Å². The van der Waals surface area contributed by atoms with Crippen molar-refractivity contribution in [2.24, 2.45) is 0 Å². The van der Waals surface area contributed by atoms with Crippen molar-refractivity contribution in [2.75, 3.05) is 19.8 Å². The largest absolute Gasteiger partial charge is 0.491 e. The number of rotatable bonds is 11. The summed E-state index contributed by atoms with van der Waals surface area (Å²) in [7, 11) is 0. The molecule has 7 nitrogen and oxygen atoms in total. The summed E-state index contributed by atoms with van der Waals surface area (Å²) in [6.07, 6.45) is 5.35. The van der Waals surface area contributed by atoms with Crippen LogP contribution in [0.15, 0.2) is 60.7 Å². The van der Waals surface area contributed by atoms with E-state index < -0.39 is 30.9 Å². The van der Waals surface area contributed by atoms with Gasteiger partial charge in [0.05, 0.1) is 6.61 Å². The molecule has 156 valence electrons. The molecular formula is C21H23FO7. The minimum absolute atomic E-state index is 0.00121. The normalized spacial score (nSPS) is 14.6. The maximum absolute atomic E-state index is 12.8. The molecule has 1 aromatic carbocycles. The van der Waals surface area contributed by atoms with E-state index in [-0.39, 0.29) is 19.0 Å². The topological polar surface area (TPSA) is 116 Å². The Balaban J connectivity index is 2.27. The van der Waals surface area contributed by atoms with Gasteiger partial charge in [-0.2, -0.15) is 0 Å². The number of carbonyl (C=O) groups is 1. The van der Waals surface area contributed by atoms with Gasteiger partial charge in [-0.25, -0.2) is 9.18 Å². The fourth-order valence-corrected chi connectivity index (χ4v) is 1.80. The van der Waals surface area contributed by atoms with Crippen molar-refractivity contribution in [2.45, 2.75) is 18.3 Å². The fourth-order valence-electron chi connectivity index (χ4n) is 1.80. The molecule has 0 radical (unpaired) electrons. The SMILES string of the molecule is O=C(O)COC[C@H](O)[C@@H](O)/C=C/C=C/C#C/C=C/[C@@H](O)COc1ccc(F)cc1. The van der Waals surface area contributed by atoms with Gasteiger partial charge in [0.25, 0.3) is 0 Å². The quantitative estimate of drug-likeness (QED) is 0.321. The molecule has 1 rings (SSSR count). The number of benzene rings is 1. The molecule has 0 spiro atoms. The van der Waals surface area contributed by atoms with Crippen LogP contribution in [0.1, 0.15) is 0 Å². The van der Waals surface area contributed by atoms with Gasteiger partial charge in [-0.3, -0.25) is 0 Å². The van der Waals surface area contributed by atoms with Gasteiger partial charge in [0, 0.05) is 0 Å². The lowest BCUT2D eigenvalue weighted by Gasteiger charge is -2.13. The number of hydrogen-bond donors (Lipinski definition) is 4. The van der Waals surface area contributed by atoms with Crippen LogP contribution in [-0.4, -0.2) is 64.5 Å². The zero-order chi connectivity index (χ0) is 21.5. The van der Waals surface area contributed by atoms with E-state index in [0.29, 0.717) is 5.75 Å². The first-order chi connectivity index (χ1) is 13.9. The van der Waals surface area contributed by atoms with Gasteiger partial charge in [-0.1, -0.05) is 30.1 Å². The maximum atomic E-state index is 12.8. The summed E-state index contributed by atoms with van der Waals surface area (Å²) < 4.78 is 22.7. The van der Waals surface area contributed by atoms with Gasteiger partial charge in [0.15, 0.2) is 0 Å². The zero-order valence-corrected chi connectivity index (χ0v) is 15.5. The Bertz CT molecular complexity index is 759. The van der Waals surface area contributed by atoms with E-state index in [4.69, 9.17) is 9.84 Å². The molecule has 0 unspecified atom stereocenters. The predicted octanol–water partition coefficient (Wildman–Crippen LogP) is 1.06. The molecule has 0 amide bonds. The minimum Gasteiger partial charge on any atom is -0.491 e. The predicted molar refractivity (Wildman–Crippen MR) is 104 cm³/mol. The fraction of sp³-hybridized carbons (Fsp3) is 0.286. The Hall–Kier alpha value is -2.96. The Morgan fingerprint density at radius 1 is 1.03 bits per heavy atom. The van der Waals surface area contributed by atoms with Crippen LogP contribution >= 0.6 is 0 Å². The molecule has 8 heteroatoms. The molecule has 0 aromatic heterocycles. The number of carboxylic acids is 1. The maximum Gasteiger partial charge on any atom is 0.329 e. The minimum atomic E-state index is -1.24. The molecular weight excluding hydrogens is 383 g/mol. The second-order valence-corrected chi connectivity index (χ2v) is 5.69. The van der Waals surface area contributed by atoms with Crippen molar-refractivity contribution < 1.29 is 39.1 Å². The molecule has 0 aliphatic rings. The molecule has 4 N–H and O–H groups in total. The highest BCUT2D eigenvalue weighted by Crippen LogP contribution is 2.11. The Morgan fingerprint density at radius 2 is 1.72 bits per heavy atom. The summed E-state index contributed by atoms with van der Waals surface area (Å²) in [5, 5.41) is 37.3. The van der Waals surface area contributed by atoms with Crippen LogP contribution in [0.25, 0.3) is 0 Å². The van der Waals surface area contributed by atoms with E-state index in [2.05, 4.69) is 16.6 Å². The van der Waals surface area contributed by atoms with Gasteiger partial charge in [0.2, 0.25) is 0 Å². The summed E-state index contributed by atoms with van der Waals surface area (Å²) in [6.45, 7) is -0.859. The number of halogens is 1. The molecule has 0 aliphatic heterocycles. The molecule has 0 bridgehead atoms. The smallest absolute Gasteiger partial charge is 0.329 e. The van der Waals surface area contributed by atoms with Crippen LogP contribution in [0.5, 0.6) is 5.75 Å². The van der Waals surface area contributed by atoms with E-state index >= 15 is 0 Å². The van der Waals surface area contributed by atoms with Crippen LogP contribution in [0.3, 0.4) is 0 Å². The van der Waals surface area contributed by atoms with Gasteiger partial charge in [0.1, 0.15) is 43.1 Å². The molecule has 29 heavy (non-hydrogen) atoms.